The van der Waals surface area contributed by atoms with Crippen molar-refractivity contribution < 1.29 is 47.8 Å². The van der Waals surface area contributed by atoms with Crippen LogP contribution in [0.3, 0.4) is 0 Å². The minimum atomic E-state index is -1.13. The van der Waals surface area contributed by atoms with Crippen LogP contribution in [0.4, 0.5) is 9.59 Å². The number of alkyl carbamates (subject to hydrolysis) is 2. The zero-order chi connectivity index (χ0) is 42.5. The summed E-state index contributed by atoms with van der Waals surface area (Å²) in [6.45, 7) is 23.5. The summed E-state index contributed by atoms with van der Waals surface area (Å²) in [5.41, 5.74) is 0.705. The molecule has 3 aliphatic carbocycles. The van der Waals surface area contributed by atoms with E-state index in [1.165, 1.54) is 7.11 Å². The van der Waals surface area contributed by atoms with Crippen LogP contribution >= 0.6 is 0 Å². The van der Waals surface area contributed by atoms with Crippen molar-refractivity contribution in [1.29, 1.82) is 0 Å². The molecule has 57 heavy (non-hydrogen) atoms. The molecular formula is C43H62BN3O10. The van der Waals surface area contributed by atoms with Gasteiger partial charge >= 0.3 is 25.3 Å². The summed E-state index contributed by atoms with van der Waals surface area (Å²) < 4.78 is 30.3. The predicted octanol–water partition coefficient (Wildman–Crippen LogP) is 7.35. The average Bonchev–Trinajstić information content (AvgIpc) is 3.44. The summed E-state index contributed by atoms with van der Waals surface area (Å²) in [6, 6.07) is 8.40. The van der Waals surface area contributed by atoms with Gasteiger partial charge in [-0.3, -0.25) is 4.79 Å². The van der Waals surface area contributed by atoms with E-state index < -0.39 is 59.3 Å². The van der Waals surface area contributed by atoms with Gasteiger partial charge in [0.2, 0.25) is 0 Å². The van der Waals surface area contributed by atoms with E-state index in [9.17, 15) is 24.3 Å². The number of aromatic carboxylic acids is 1. The lowest BCUT2D eigenvalue weighted by Gasteiger charge is -2.64. The number of rotatable bonds is 11. The topological polar surface area (TPSA) is 171 Å². The third-order valence-electron chi connectivity index (χ3n) is 11.7. The number of carbonyl (C=O) groups excluding carboxylic acids is 3. The first-order valence-corrected chi connectivity index (χ1v) is 19.9. The number of hydrogen-bond acceptors (Lipinski definition) is 9. The normalized spacial score (nSPS) is 23.0. The van der Waals surface area contributed by atoms with Gasteiger partial charge < -0.3 is 44.6 Å². The Bertz CT molecular complexity index is 1880. The van der Waals surface area contributed by atoms with Crippen LogP contribution in [0.25, 0.3) is 0 Å². The lowest BCUT2D eigenvalue weighted by molar-refractivity contribution is -0.199. The summed E-state index contributed by atoms with van der Waals surface area (Å²) in [7, 11) is 0.598. The molecule has 3 saturated carbocycles. The van der Waals surface area contributed by atoms with E-state index in [4.69, 9.17) is 23.5 Å². The molecule has 4 aliphatic rings. The molecule has 4 unspecified atom stereocenters. The number of ether oxygens (including phenoxy) is 3. The van der Waals surface area contributed by atoms with E-state index in [1.807, 2.05) is 26.8 Å². The largest absolute Gasteiger partial charge is 0.496 e. The maximum absolute atomic E-state index is 14.4. The fourth-order valence-corrected chi connectivity index (χ4v) is 8.76. The Labute approximate surface area is 337 Å². The van der Waals surface area contributed by atoms with Crippen molar-refractivity contribution in [3.63, 3.8) is 0 Å². The van der Waals surface area contributed by atoms with Gasteiger partial charge in [-0.1, -0.05) is 46.8 Å². The average molecular weight is 792 g/mol. The van der Waals surface area contributed by atoms with Gasteiger partial charge in [-0.05, 0) is 125 Å². The van der Waals surface area contributed by atoms with Crippen molar-refractivity contribution in [2.24, 2.45) is 17.3 Å². The van der Waals surface area contributed by atoms with Gasteiger partial charge in [0.15, 0.2) is 0 Å². The number of hydrogen-bond donors (Lipinski definition) is 4. The zero-order valence-electron chi connectivity index (χ0n) is 35.9. The Morgan fingerprint density at radius 3 is 2.00 bits per heavy atom. The van der Waals surface area contributed by atoms with Crippen LogP contribution in [0.15, 0.2) is 30.3 Å². The maximum atomic E-state index is 14.4. The van der Waals surface area contributed by atoms with Gasteiger partial charge in [-0.15, -0.1) is 0 Å². The SMILES string of the molecule is COc1c(C(=O)O)ccc(C(C)(C)C)c1C[C@H](NC(=O)c1ccc(CNC(=O)OC(C)(C)C)c(CNC(=O)OC(C)(C)C)c1)B1OC2CC3CC(C3(C)C)C2(C)O1. The molecule has 0 radical (unpaired) electrons. The molecule has 1 aliphatic heterocycles. The van der Waals surface area contributed by atoms with E-state index in [0.29, 0.717) is 22.6 Å². The number of amides is 3. The molecule has 4 fully saturated rings. The van der Waals surface area contributed by atoms with E-state index >= 15 is 0 Å². The van der Waals surface area contributed by atoms with Gasteiger partial charge in [0.05, 0.1) is 24.8 Å². The summed E-state index contributed by atoms with van der Waals surface area (Å²) in [5, 5.41) is 18.9. The molecule has 3 amide bonds. The lowest BCUT2D eigenvalue weighted by Crippen LogP contribution is -2.65. The minimum absolute atomic E-state index is 0.00609. The monoisotopic (exact) mass is 791 g/mol. The molecule has 5 atom stereocenters. The second kappa shape index (κ2) is 15.8. The summed E-state index contributed by atoms with van der Waals surface area (Å²) in [6.07, 6.45) is 0.623. The molecule has 1 heterocycles. The molecular weight excluding hydrogens is 729 g/mol. The first kappa shape index (κ1) is 43.8. The third-order valence-corrected chi connectivity index (χ3v) is 11.7. The zero-order valence-corrected chi connectivity index (χ0v) is 35.9. The fraction of sp³-hybridized carbons (Fsp3) is 0.628. The van der Waals surface area contributed by atoms with Crippen LogP contribution in [-0.2, 0) is 43.7 Å². The first-order valence-electron chi connectivity index (χ1n) is 19.9. The second-order valence-electron chi connectivity index (χ2n) is 19.5. The molecule has 14 heteroatoms. The molecule has 6 rings (SSSR count). The summed E-state index contributed by atoms with van der Waals surface area (Å²) >= 11 is 0. The van der Waals surface area contributed by atoms with Crippen molar-refractivity contribution >= 4 is 31.2 Å². The van der Waals surface area contributed by atoms with Crippen LogP contribution < -0.4 is 20.7 Å². The molecule has 1 saturated heterocycles. The van der Waals surface area contributed by atoms with Crippen molar-refractivity contribution in [2.75, 3.05) is 7.11 Å². The summed E-state index contributed by atoms with van der Waals surface area (Å²) in [5.74, 6) is -1.34. The molecule has 0 aromatic heterocycles. The molecule has 2 aromatic carbocycles. The van der Waals surface area contributed by atoms with Gasteiger partial charge in [-0.2, -0.15) is 0 Å². The number of carboxylic acids is 1. The highest BCUT2D eigenvalue weighted by Crippen LogP contribution is 2.65. The number of methoxy groups -OCH3 is 1. The Kier molecular flexibility index (Phi) is 12.2. The quantitative estimate of drug-likeness (QED) is 0.169. The fourth-order valence-electron chi connectivity index (χ4n) is 8.76. The van der Waals surface area contributed by atoms with E-state index in [2.05, 4.69) is 36.7 Å². The number of nitrogens with one attached hydrogen (secondary N) is 3. The third kappa shape index (κ3) is 9.71. The Balaban J connectivity index is 1.51. The molecule has 2 bridgehead atoms. The van der Waals surface area contributed by atoms with Crippen LogP contribution in [-0.4, -0.2) is 72.2 Å². The maximum Gasteiger partial charge on any atom is 0.482 e. The number of carboxylic acid groups (broad SMARTS) is 1. The minimum Gasteiger partial charge on any atom is -0.496 e. The van der Waals surface area contributed by atoms with Gasteiger partial charge in [0.1, 0.15) is 22.5 Å². The second-order valence-corrected chi connectivity index (χ2v) is 19.5. The standard InChI is InChI=1S/C43H62BN3O10/c1-39(2,3)30-17-16-28(36(49)50)34(53-13)29(30)21-33(44-56-32-20-27-19-31(42(27,10)11)43(32,12)57-44)47-35(48)24-14-15-25(22-45-37(51)54-40(4,5)6)26(18-24)23-46-38(52)55-41(7,8)9/h14-18,27,31-33H,19-23H2,1-13H3,(H,45,51)(H,46,52)(H,47,48)(H,49,50)/t27?,31?,32?,33-,43?/m0/s1. The lowest BCUT2D eigenvalue weighted by atomic mass is 9.43. The van der Waals surface area contributed by atoms with Crippen LogP contribution in [0.1, 0.15) is 139 Å². The first-order chi connectivity index (χ1) is 26.2. The molecule has 0 spiro atoms. The van der Waals surface area contributed by atoms with Crippen molar-refractivity contribution in [2.45, 2.75) is 150 Å². The van der Waals surface area contributed by atoms with Gasteiger partial charge in [0, 0.05) is 24.2 Å². The van der Waals surface area contributed by atoms with Crippen molar-refractivity contribution in [1.82, 2.24) is 16.0 Å². The van der Waals surface area contributed by atoms with Gasteiger partial charge in [-0.25, -0.2) is 14.4 Å². The molecule has 2 aromatic rings. The van der Waals surface area contributed by atoms with E-state index in [-0.39, 0.29) is 53.8 Å². The smallest absolute Gasteiger partial charge is 0.482 e. The van der Waals surface area contributed by atoms with E-state index in [0.717, 1.165) is 18.4 Å². The Morgan fingerprint density at radius 2 is 1.47 bits per heavy atom. The van der Waals surface area contributed by atoms with Crippen LogP contribution in [0, 0.1) is 17.3 Å². The molecule has 4 N–H and O–H groups in total. The van der Waals surface area contributed by atoms with E-state index in [1.54, 1.807) is 65.8 Å². The predicted molar refractivity (Wildman–Crippen MR) is 216 cm³/mol. The molecule has 312 valence electrons. The van der Waals surface area contributed by atoms with Crippen LogP contribution in [0.2, 0.25) is 0 Å². The highest BCUT2D eigenvalue weighted by Gasteiger charge is 2.68. The number of benzene rings is 2. The van der Waals surface area contributed by atoms with Crippen molar-refractivity contribution in [3.05, 3.63) is 63.7 Å². The highest BCUT2D eigenvalue weighted by atomic mass is 16.7. The van der Waals surface area contributed by atoms with Crippen molar-refractivity contribution in [3.8, 4) is 5.75 Å². The van der Waals surface area contributed by atoms with Crippen LogP contribution in [0.5, 0.6) is 5.75 Å². The Morgan fingerprint density at radius 1 is 0.877 bits per heavy atom. The van der Waals surface area contributed by atoms with Gasteiger partial charge in [0.25, 0.3) is 5.91 Å². The Hall–Kier alpha value is -4.30. The molecule has 13 nitrogen and oxygen atoms in total. The number of carbonyl (C=O) groups is 4. The summed E-state index contributed by atoms with van der Waals surface area (Å²) in [4.78, 5) is 52.1. The highest BCUT2D eigenvalue weighted by molar-refractivity contribution is 6.48.